The summed E-state index contributed by atoms with van der Waals surface area (Å²) in [7, 11) is 1.79. The first-order valence-electron chi connectivity index (χ1n) is 14.0. The Morgan fingerprint density at radius 1 is 1.14 bits per heavy atom. The van der Waals surface area contributed by atoms with Crippen molar-refractivity contribution in [3.8, 4) is 5.75 Å². The zero-order valence-corrected chi connectivity index (χ0v) is 25.6. The number of aryl methyl sites for hydroxylation is 3. The zero-order valence-electron chi connectivity index (χ0n) is 25.6. The minimum absolute atomic E-state index is 0.0725. The van der Waals surface area contributed by atoms with Crippen molar-refractivity contribution in [3.05, 3.63) is 70.3 Å². The van der Waals surface area contributed by atoms with Gasteiger partial charge in [0, 0.05) is 32.4 Å². The topological polar surface area (TPSA) is 140 Å². The van der Waals surface area contributed by atoms with Crippen molar-refractivity contribution in [2.24, 2.45) is 12.5 Å². The van der Waals surface area contributed by atoms with Gasteiger partial charge in [0.05, 0.1) is 30.0 Å². The van der Waals surface area contributed by atoms with Gasteiger partial charge in [0.2, 0.25) is 0 Å². The smallest absolute Gasteiger partial charge is 0.487 e. The van der Waals surface area contributed by atoms with E-state index < -0.39 is 29.6 Å². The van der Waals surface area contributed by atoms with E-state index in [0.29, 0.717) is 18.8 Å². The molecule has 2 aromatic heterocycles. The van der Waals surface area contributed by atoms with Crippen LogP contribution in [0, 0.1) is 19.3 Å². The van der Waals surface area contributed by atoms with Gasteiger partial charge in [-0.05, 0) is 62.9 Å². The van der Waals surface area contributed by atoms with E-state index in [-0.39, 0.29) is 12.7 Å². The van der Waals surface area contributed by atoms with Crippen molar-refractivity contribution < 1.29 is 42.4 Å². The molecule has 0 saturated carbocycles. The number of carbonyl (C=O) groups is 2. The molecule has 0 spiro atoms. The maximum absolute atomic E-state index is 12.2. The summed E-state index contributed by atoms with van der Waals surface area (Å²) in [4.78, 5) is 28.2. The second kappa shape index (κ2) is 14.2. The largest absolute Gasteiger partial charge is 0.490 e. The molecule has 0 fully saturated rings. The molecule has 0 saturated heterocycles. The van der Waals surface area contributed by atoms with Gasteiger partial charge in [-0.25, -0.2) is 4.79 Å². The van der Waals surface area contributed by atoms with Crippen molar-refractivity contribution in [2.75, 3.05) is 6.54 Å². The van der Waals surface area contributed by atoms with Crippen LogP contribution in [0.25, 0.3) is 0 Å². The first-order valence-corrected chi connectivity index (χ1v) is 14.0. The molecule has 240 valence electrons. The van der Waals surface area contributed by atoms with Crippen LogP contribution < -0.4 is 4.74 Å². The van der Waals surface area contributed by atoms with Gasteiger partial charge in [-0.3, -0.25) is 19.4 Å². The number of rotatable bonds is 9. The quantitative estimate of drug-likeness (QED) is 0.335. The number of alkyl halides is 3. The molecule has 0 aliphatic carbocycles. The molecule has 1 aliphatic heterocycles. The van der Waals surface area contributed by atoms with Crippen molar-refractivity contribution in [1.82, 2.24) is 24.9 Å². The van der Waals surface area contributed by atoms with Crippen LogP contribution in [-0.4, -0.2) is 65.9 Å². The molecule has 1 aromatic carbocycles. The molecular formula is C30H38F3N5O6. The fourth-order valence-corrected chi connectivity index (χ4v) is 4.66. The summed E-state index contributed by atoms with van der Waals surface area (Å²) >= 11 is 0. The van der Waals surface area contributed by atoms with Crippen LogP contribution >= 0.6 is 0 Å². The van der Waals surface area contributed by atoms with E-state index in [4.69, 9.17) is 24.4 Å². The number of benzene rings is 1. The number of nitrogens with zero attached hydrogens (tertiary/aromatic N) is 5. The fourth-order valence-electron chi connectivity index (χ4n) is 4.66. The molecule has 11 nitrogen and oxygen atoms in total. The van der Waals surface area contributed by atoms with Crippen LogP contribution in [-0.2, 0) is 41.1 Å². The Balaban J connectivity index is 0.000000676. The number of aromatic nitrogens is 4. The highest BCUT2D eigenvalue weighted by molar-refractivity contribution is 5.75. The Kier molecular flexibility index (Phi) is 11.1. The number of carboxylic acid groups (broad SMARTS) is 2. The van der Waals surface area contributed by atoms with Crippen LogP contribution in [0.2, 0.25) is 0 Å². The Bertz CT molecular complexity index is 1460. The van der Waals surface area contributed by atoms with Gasteiger partial charge in [-0.15, -0.1) is 5.10 Å². The summed E-state index contributed by atoms with van der Waals surface area (Å²) in [6.45, 7) is 11.9. The third-order valence-corrected chi connectivity index (χ3v) is 7.22. The van der Waals surface area contributed by atoms with E-state index in [1.54, 1.807) is 31.8 Å². The molecule has 44 heavy (non-hydrogen) atoms. The summed E-state index contributed by atoms with van der Waals surface area (Å²) in [6.07, 6.45) is -3.02. The predicted molar refractivity (Wildman–Crippen MR) is 153 cm³/mol. The van der Waals surface area contributed by atoms with E-state index in [1.165, 1.54) is 0 Å². The van der Waals surface area contributed by atoms with Crippen LogP contribution in [0.5, 0.6) is 5.75 Å². The van der Waals surface area contributed by atoms with Crippen molar-refractivity contribution in [2.45, 2.75) is 79.1 Å². The lowest BCUT2D eigenvalue weighted by molar-refractivity contribution is -0.192. The molecule has 3 aromatic rings. The first kappa shape index (κ1) is 34.5. The molecule has 0 bridgehead atoms. The number of carboxylic acids is 2. The van der Waals surface area contributed by atoms with Gasteiger partial charge in [0.25, 0.3) is 0 Å². The second-order valence-electron chi connectivity index (χ2n) is 11.3. The van der Waals surface area contributed by atoms with Crippen LogP contribution in [0.4, 0.5) is 13.2 Å². The molecule has 0 radical (unpaired) electrons. The number of aliphatic carboxylic acids is 2. The van der Waals surface area contributed by atoms with Crippen LogP contribution in [0.3, 0.4) is 0 Å². The van der Waals surface area contributed by atoms with Crippen molar-refractivity contribution in [3.63, 3.8) is 0 Å². The number of hydrogen-bond donors (Lipinski definition) is 2. The Labute approximate surface area is 253 Å². The summed E-state index contributed by atoms with van der Waals surface area (Å²) in [5.41, 5.74) is 4.50. The predicted octanol–water partition coefficient (Wildman–Crippen LogP) is 5.00. The van der Waals surface area contributed by atoms with Gasteiger partial charge in [-0.2, -0.15) is 13.2 Å². The minimum atomic E-state index is -5.08. The van der Waals surface area contributed by atoms with Gasteiger partial charge in [0.15, 0.2) is 0 Å². The summed E-state index contributed by atoms with van der Waals surface area (Å²) in [6, 6.07) is 10.1. The first-order chi connectivity index (χ1) is 20.5. The van der Waals surface area contributed by atoms with Gasteiger partial charge in [-0.1, -0.05) is 30.3 Å². The lowest BCUT2D eigenvalue weighted by Crippen LogP contribution is -2.34. The highest BCUT2D eigenvalue weighted by Gasteiger charge is 2.40. The molecule has 0 unspecified atom stereocenters. The summed E-state index contributed by atoms with van der Waals surface area (Å²) < 4.78 is 45.8. The molecule has 2 N–H and O–H groups in total. The Morgan fingerprint density at radius 2 is 1.82 bits per heavy atom. The van der Waals surface area contributed by atoms with Gasteiger partial charge < -0.3 is 19.7 Å². The van der Waals surface area contributed by atoms with Crippen molar-refractivity contribution >= 4 is 11.9 Å². The standard InChI is InChI=1S/C28H37N5O4.C2HF3O2/c1-7-23-15-33(16-24-25(37-23)11-9-19(3)29-24)13-21-12-20(10-8-18(21)2)26(28(4,5)27(34)35)36-17-22-14-32(6)31-30-22;3-2(4,5)1(6)7/h8-12,14,23,26H,7,13,15-17H2,1-6H3,(H,34,35);(H,6,7)/t23-,26-;/m1./s1. The molecular weight excluding hydrogens is 583 g/mol. The molecule has 4 rings (SSSR count). The zero-order chi connectivity index (χ0) is 32.8. The second-order valence-corrected chi connectivity index (χ2v) is 11.3. The maximum Gasteiger partial charge on any atom is 0.490 e. The molecule has 2 atom stereocenters. The fraction of sp³-hybridized carbons (Fsp3) is 0.500. The van der Waals surface area contributed by atoms with Crippen LogP contribution in [0.1, 0.15) is 67.1 Å². The lowest BCUT2D eigenvalue weighted by atomic mass is 9.81. The minimum Gasteiger partial charge on any atom is -0.487 e. The monoisotopic (exact) mass is 621 g/mol. The molecule has 0 amide bonds. The van der Waals surface area contributed by atoms with E-state index in [0.717, 1.165) is 46.8 Å². The number of pyridine rings is 1. The highest BCUT2D eigenvalue weighted by Crippen LogP contribution is 2.38. The van der Waals surface area contributed by atoms with Gasteiger partial charge >= 0.3 is 18.1 Å². The van der Waals surface area contributed by atoms with E-state index in [9.17, 15) is 23.1 Å². The van der Waals surface area contributed by atoms with E-state index >= 15 is 0 Å². The highest BCUT2D eigenvalue weighted by atomic mass is 19.4. The Hall–Kier alpha value is -4.04. The molecule has 1 aliphatic rings. The normalized spacial score (nSPS) is 16.2. The van der Waals surface area contributed by atoms with E-state index in [1.807, 2.05) is 31.2 Å². The maximum atomic E-state index is 12.2. The van der Waals surface area contributed by atoms with Gasteiger partial charge in [0.1, 0.15) is 17.5 Å². The lowest BCUT2D eigenvalue weighted by Gasteiger charge is -2.31. The number of fused-ring (bicyclic) bond motifs is 1. The molecule has 3 heterocycles. The Morgan fingerprint density at radius 3 is 2.39 bits per heavy atom. The van der Waals surface area contributed by atoms with E-state index in [2.05, 4.69) is 35.1 Å². The SMILES string of the molecule is CC[C@@H]1CN(Cc2cc([C@@H](OCc3cn(C)nn3)C(C)(C)C(=O)O)ccc2C)Cc2nc(C)ccc2O1.O=C(O)C(F)(F)F. The third-order valence-electron chi connectivity index (χ3n) is 7.22. The number of halogens is 3. The number of ether oxygens (including phenoxy) is 2. The molecule has 14 heteroatoms. The van der Waals surface area contributed by atoms with Crippen LogP contribution in [0.15, 0.2) is 36.5 Å². The average Bonchev–Trinajstić information content (AvgIpc) is 3.26. The summed E-state index contributed by atoms with van der Waals surface area (Å²) in [5, 5.41) is 25.2. The average molecular weight is 622 g/mol. The summed E-state index contributed by atoms with van der Waals surface area (Å²) in [5.74, 6) is -2.83. The van der Waals surface area contributed by atoms with Crippen molar-refractivity contribution in [1.29, 1.82) is 0 Å². The third kappa shape index (κ3) is 8.99. The number of hydrogen-bond acceptors (Lipinski definition) is 8.